The maximum absolute atomic E-state index is 12.2. The van der Waals surface area contributed by atoms with Crippen molar-refractivity contribution in [2.24, 2.45) is 5.92 Å². The van der Waals surface area contributed by atoms with Crippen molar-refractivity contribution in [2.45, 2.75) is 39.3 Å². The van der Waals surface area contributed by atoms with E-state index < -0.39 is 23.5 Å². The number of rotatable bonds is 8. The van der Waals surface area contributed by atoms with E-state index in [1.54, 1.807) is 63.4 Å². The van der Waals surface area contributed by atoms with Crippen molar-refractivity contribution >= 4 is 23.5 Å². The largest absolute Gasteiger partial charge is 0.469 e. The van der Waals surface area contributed by atoms with Gasteiger partial charge in [-0.3, -0.25) is 9.59 Å². The van der Waals surface area contributed by atoms with E-state index in [1.807, 2.05) is 0 Å². The average molecular weight is 474 g/mol. The molecule has 0 amide bonds. The van der Waals surface area contributed by atoms with Gasteiger partial charge in [0.1, 0.15) is 11.4 Å². The number of nitrogens with zero attached hydrogens (tertiary/aromatic N) is 5. The van der Waals surface area contributed by atoms with Crippen LogP contribution in [0, 0.1) is 5.92 Å². The van der Waals surface area contributed by atoms with Crippen LogP contribution in [0.1, 0.15) is 27.2 Å². The minimum atomic E-state index is -0.819. The summed E-state index contributed by atoms with van der Waals surface area (Å²) in [6.45, 7) is 5.26. The first kappa shape index (κ1) is 24.1. The third-order valence-corrected chi connectivity index (χ3v) is 4.49. The van der Waals surface area contributed by atoms with E-state index in [2.05, 4.69) is 20.4 Å². The molecule has 3 aromatic rings. The fraction of sp³-hybridized carbons (Fsp3) is 0.364. The molecule has 0 radical (unpaired) electrons. The third kappa shape index (κ3) is 7.25. The first-order valence-corrected chi connectivity index (χ1v) is 10.5. The maximum Gasteiger partial charge on any atom is 0.311 e. The zero-order valence-electron chi connectivity index (χ0n) is 18.7. The third-order valence-electron chi connectivity index (χ3n) is 4.23. The highest BCUT2D eigenvalue weighted by Gasteiger charge is 2.27. The van der Waals surface area contributed by atoms with Crippen molar-refractivity contribution in [2.75, 3.05) is 7.11 Å². The number of halogens is 1. The highest BCUT2D eigenvalue weighted by atomic mass is 35.5. The molecule has 174 valence electrons. The Morgan fingerprint density at radius 3 is 2.45 bits per heavy atom. The van der Waals surface area contributed by atoms with Gasteiger partial charge in [0.25, 0.3) is 0 Å². The molecule has 10 nitrogen and oxygen atoms in total. The van der Waals surface area contributed by atoms with Crippen LogP contribution in [-0.2, 0) is 25.6 Å². The summed E-state index contributed by atoms with van der Waals surface area (Å²) in [7, 11) is 1.25. The number of tetrazole rings is 1. The zero-order chi connectivity index (χ0) is 24.0. The lowest BCUT2D eigenvalue weighted by Crippen LogP contribution is -2.30. The molecule has 0 N–H and O–H groups in total. The number of hydrogen-bond acceptors (Lipinski definition) is 9. The summed E-state index contributed by atoms with van der Waals surface area (Å²) in [4.78, 5) is 29.8. The Morgan fingerprint density at radius 2 is 1.85 bits per heavy atom. The lowest BCUT2D eigenvalue weighted by atomic mass is 10.1. The number of benzene rings is 1. The molecule has 1 atom stereocenters. The van der Waals surface area contributed by atoms with Gasteiger partial charge in [-0.1, -0.05) is 11.6 Å². The fourth-order valence-electron chi connectivity index (χ4n) is 2.80. The predicted octanol–water partition coefficient (Wildman–Crippen LogP) is 3.70. The van der Waals surface area contributed by atoms with Crippen molar-refractivity contribution in [3.8, 4) is 23.0 Å². The minimum absolute atomic E-state index is 0.00407. The van der Waals surface area contributed by atoms with Crippen LogP contribution in [0.25, 0.3) is 11.4 Å². The van der Waals surface area contributed by atoms with Crippen molar-refractivity contribution in [3.05, 3.63) is 47.6 Å². The normalized spacial score (nSPS) is 12.2. The molecular formula is C22H24ClN5O5. The van der Waals surface area contributed by atoms with E-state index >= 15 is 0 Å². The second kappa shape index (κ2) is 10.4. The molecule has 3 rings (SSSR count). The Labute approximate surface area is 195 Å². The minimum Gasteiger partial charge on any atom is -0.469 e. The molecule has 0 aliphatic heterocycles. The van der Waals surface area contributed by atoms with E-state index in [4.69, 9.17) is 25.8 Å². The lowest BCUT2D eigenvalue weighted by molar-refractivity contribution is -0.161. The molecule has 33 heavy (non-hydrogen) atoms. The summed E-state index contributed by atoms with van der Waals surface area (Å²) >= 11 is 5.87. The number of methoxy groups -OCH3 is 1. The van der Waals surface area contributed by atoms with Gasteiger partial charge in [-0.25, -0.2) is 4.98 Å². The van der Waals surface area contributed by atoms with Gasteiger partial charge < -0.3 is 14.2 Å². The topological polar surface area (TPSA) is 118 Å². The highest BCUT2D eigenvalue weighted by molar-refractivity contribution is 6.30. The molecule has 0 unspecified atom stereocenters. The highest BCUT2D eigenvalue weighted by Crippen LogP contribution is 2.23. The molecule has 2 aromatic heterocycles. The van der Waals surface area contributed by atoms with Crippen LogP contribution in [0.4, 0.5) is 0 Å². The Balaban J connectivity index is 1.66. The van der Waals surface area contributed by atoms with Gasteiger partial charge in [0, 0.05) is 22.8 Å². The summed E-state index contributed by atoms with van der Waals surface area (Å²) in [5.41, 5.74) is -0.0566. The maximum atomic E-state index is 12.2. The molecule has 0 aliphatic carbocycles. The van der Waals surface area contributed by atoms with Crippen LogP contribution < -0.4 is 4.74 Å². The molecular weight excluding hydrogens is 450 g/mol. The van der Waals surface area contributed by atoms with Crippen molar-refractivity contribution in [3.63, 3.8) is 0 Å². The number of ether oxygens (including phenoxy) is 3. The van der Waals surface area contributed by atoms with Gasteiger partial charge in [0.15, 0.2) is 0 Å². The number of aromatic nitrogens is 5. The van der Waals surface area contributed by atoms with Gasteiger partial charge in [0.2, 0.25) is 11.7 Å². The number of pyridine rings is 1. The van der Waals surface area contributed by atoms with Crippen LogP contribution in [-0.4, -0.2) is 49.8 Å². The summed E-state index contributed by atoms with van der Waals surface area (Å²) in [5.74, 6) is -0.607. The number of esters is 2. The lowest BCUT2D eigenvalue weighted by Gasteiger charge is -2.21. The van der Waals surface area contributed by atoms with Crippen LogP contribution in [0.3, 0.4) is 0 Å². The second-order valence-electron chi connectivity index (χ2n) is 8.12. The fourth-order valence-corrected chi connectivity index (χ4v) is 2.93. The Hall–Kier alpha value is -3.53. The summed E-state index contributed by atoms with van der Waals surface area (Å²) in [6.07, 6.45) is 1.38. The van der Waals surface area contributed by atoms with Crippen molar-refractivity contribution in [1.82, 2.24) is 25.2 Å². The molecule has 0 saturated carbocycles. The summed E-state index contributed by atoms with van der Waals surface area (Å²) in [6, 6.07) is 10.3. The Morgan fingerprint density at radius 1 is 1.12 bits per heavy atom. The van der Waals surface area contributed by atoms with E-state index in [1.165, 1.54) is 11.9 Å². The zero-order valence-corrected chi connectivity index (χ0v) is 19.4. The first-order valence-electron chi connectivity index (χ1n) is 10.1. The molecule has 2 heterocycles. The van der Waals surface area contributed by atoms with Gasteiger partial charge in [-0.2, -0.15) is 4.80 Å². The number of carbonyl (C=O) groups is 2. The molecule has 0 spiro atoms. The van der Waals surface area contributed by atoms with Crippen LogP contribution >= 0.6 is 11.6 Å². The number of hydrogen-bond donors (Lipinski definition) is 0. The van der Waals surface area contributed by atoms with Crippen LogP contribution in [0.15, 0.2) is 42.6 Å². The molecule has 0 saturated heterocycles. The van der Waals surface area contributed by atoms with Gasteiger partial charge >= 0.3 is 11.9 Å². The second-order valence-corrected chi connectivity index (χ2v) is 8.56. The number of carbonyl (C=O) groups excluding carboxylic acids is 2. The predicted molar refractivity (Wildman–Crippen MR) is 119 cm³/mol. The molecule has 0 bridgehead atoms. The van der Waals surface area contributed by atoms with Crippen LogP contribution in [0.2, 0.25) is 5.02 Å². The molecule has 1 aromatic carbocycles. The van der Waals surface area contributed by atoms with Gasteiger partial charge in [-0.05, 0) is 56.3 Å². The SMILES string of the molecule is COC(=O)[C@@H](CC(=O)OC(C)(C)C)Cn1nnc(-c2ccc(Oc3ccc(Cl)cc3)nc2)n1. The van der Waals surface area contributed by atoms with E-state index in [0.717, 1.165) is 0 Å². The first-order chi connectivity index (χ1) is 15.6. The average Bonchev–Trinajstić information content (AvgIpc) is 3.22. The van der Waals surface area contributed by atoms with Crippen LogP contribution in [0.5, 0.6) is 11.6 Å². The molecule has 0 fully saturated rings. The van der Waals surface area contributed by atoms with Gasteiger partial charge in [0.05, 0.1) is 26.0 Å². The van der Waals surface area contributed by atoms with E-state index in [-0.39, 0.29) is 13.0 Å². The van der Waals surface area contributed by atoms with Gasteiger partial charge in [-0.15, -0.1) is 10.2 Å². The molecule has 11 heteroatoms. The Bertz CT molecular complexity index is 1090. The van der Waals surface area contributed by atoms with E-state index in [0.29, 0.717) is 28.0 Å². The van der Waals surface area contributed by atoms with Crippen molar-refractivity contribution in [1.29, 1.82) is 0 Å². The van der Waals surface area contributed by atoms with Crippen molar-refractivity contribution < 1.29 is 23.8 Å². The summed E-state index contributed by atoms with van der Waals surface area (Å²) in [5, 5.41) is 12.9. The standard InChI is InChI=1S/C22H24ClN5O5/c1-22(2,3)33-19(29)11-15(21(30)31-4)13-28-26-20(25-27-28)14-5-10-18(24-12-14)32-17-8-6-16(23)7-9-17/h5-10,12,15H,11,13H2,1-4H3/t15-/m0/s1. The quantitative estimate of drug-likeness (QED) is 0.451. The smallest absolute Gasteiger partial charge is 0.311 e. The Kier molecular flexibility index (Phi) is 7.59. The van der Waals surface area contributed by atoms with E-state index in [9.17, 15) is 9.59 Å². The monoisotopic (exact) mass is 473 g/mol. The summed E-state index contributed by atoms with van der Waals surface area (Å²) < 4.78 is 15.8. The molecule has 0 aliphatic rings.